The van der Waals surface area contributed by atoms with E-state index >= 15 is 0 Å². The summed E-state index contributed by atoms with van der Waals surface area (Å²) in [5.41, 5.74) is -0.747. The van der Waals surface area contributed by atoms with E-state index in [0.29, 0.717) is 0 Å². The van der Waals surface area contributed by atoms with E-state index in [-0.39, 0.29) is 10.7 Å². The molecule has 0 N–H and O–H groups in total. The zero-order chi connectivity index (χ0) is 12.3. The zero-order valence-electron chi connectivity index (χ0n) is 7.35. The molecule has 1 unspecified atom stereocenters. The van der Waals surface area contributed by atoms with Crippen LogP contribution in [-0.2, 0) is 21.1 Å². The lowest BCUT2D eigenvalue weighted by Crippen LogP contribution is -2.20. The van der Waals surface area contributed by atoms with Gasteiger partial charge in [0.15, 0.2) is 6.26 Å². The molecule has 0 aliphatic rings. The molecule has 0 aromatic rings. The molecule has 0 radical (unpaired) electrons. The Balaban J connectivity index is 4.96. The molecule has 9 heteroatoms. The quantitative estimate of drug-likeness (QED) is 0.421. The lowest BCUT2D eigenvalue weighted by atomic mass is 10.9. The summed E-state index contributed by atoms with van der Waals surface area (Å²) in [4.78, 5) is 11.6. The van der Waals surface area contributed by atoms with Crippen LogP contribution in [0, 0.1) is 0 Å². The maximum Gasteiger partial charge on any atom is 0.257 e. The number of hydrogen-bond donors (Lipinski definition) is 0. The molecule has 0 fully saturated rings. The third kappa shape index (κ3) is 5.45. The normalized spacial score (nSPS) is 15.3. The van der Waals surface area contributed by atoms with Crippen molar-refractivity contribution in [2.24, 2.45) is 0 Å². The van der Waals surface area contributed by atoms with Gasteiger partial charge in [-0.05, 0) is 11.8 Å². The van der Waals surface area contributed by atoms with Crippen LogP contribution in [0.4, 0.5) is 0 Å². The van der Waals surface area contributed by atoms with E-state index in [4.69, 9.17) is 74.3 Å². The van der Waals surface area contributed by atoms with Crippen molar-refractivity contribution in [3.05, 3.63) is 10.8 Å². The van der Waals surface area contributed by atoms with Crippen LogP contribution >= 0.6 is 64.3 Å². The van der Waals surface area contributed by atoms with Gasteiger partial charge in [-0.3, -0.25) is 4.79 Å². The Morgan fingerprint density at radius 3 is 2.20 bits per heavy atom. The van der Waals surface area contributed by atoms with Crippen LogP contribution in [0.15, 0.2) is 10.8 Å². The van der Waals surface area contributed by atoms with E-state index in [2.05, 4.69) is 0 Å². The SMILES string of the molecule is CCP(=S)(OC=C(Cl)Cl)C(=O)C(Cl)(Cl)Cl. The molecule has 0 saturated carbocycles. The van der Waals surface area contributed by atoms with Gasteiger partial charge >= 0.3 is 0 Å². The molecule has 0 heterocycles. The van der Waals surface area contributed by atoms with E-state index in [0.717, 1.165) is 6.26 Å². The van der Waals surface area contributed by atoms with Crippen LogP contribution < -0.4 is 0 Å². The zero-order valence-corrected chi connectivity index (χ0v) is 12.8. The molecule has 0 rings (SSSR count). The Morgan fingerprint density at radius 1 is 1.47 bits per heavy atom. The molecule has 0 aliphatic carbocycles. The summed E-state index contributed by atoms with van der Waals surface area (Å²) < 4.78 is 2.78. The molecular weight excluding hydrogens is 344 g/mol. The summed E-state index contributed by atoms with van der Waals surface area (Å²) >= 11 is 32.0. The molecule has 0 amide bonds. The van der Waals surface area contributed by atoms with Gasteiger partial charge in [-0.25, -0.2) is 0 Å². The largest absolute Gasteiger partial charge is 0.464 e. The van der Waals surface area contributed by atoms with Crippen molar-refractivity contribution in [3.63, 3.8) is 0 Å². The molecule has 0 aliphatic heterocycles. The van der Waals surface area contributed by atoms with Crippen molar-refractivity contribution in [3.8, 4) is 0 Å². The van der Waals surface area contributed by atoms with Gasteiger partial charge in [0.05, 0.1) is 0 Å². The molecule has 1 atom stereocenters. The highest BCUT2D eigenvalue weighted by molar-refractivity contribution is 8.20. The Kier molecular flexibility index (Phi) is 6.85. The van der Waals surface area contributed by atoms with Crippen LogP contribution in [0.2, 0.25) is 0 Å². The van der Waals surface area contributed by atoms with Crippen LogP contribution in [0.5, 0.6) is 0 Å². The van der Waals surface area contributed by atoms with Crippen LogP contribution in [0.3, 0.4) is 0 Å². The number of carbonyl (C=O) groups excluding carboxylic acids is 1. The van der Waals surface area contributed by atoms with Gasteiger partial charge in [-0.1, -0.05) is 64.9 Å². The number of alkyl halides is 3. The van der Waals surface area contributed by atoms with Gasteiger partial charge < -0.3 is 4.52 Å². The molecule has 0 aromatic heterocycles. The van der Waals surface area contributed by atoms with Gasteiger partial charge in [0.2, 0.25) is 0 Å². The van der Waals surface area contributed by atoms with Crippen molar-refractivity contribution in [2.45, 2.75) is 10.7 Å². The first-order chi connectivity index (χ1) is 6.63. The highest BCUT2D eigenvalue weighted by Gasteiger charge is 2.41. The fraction of sp³-hybridized carbons (Fsp3) is 0.500. The van der Waals surface area contributed by atoms with Crippen molar-refractivity contribution < 1.29 is 9.32 Å². The fourth-order valence-electron chi connectivity index (χ4n) is 0.584. The molecule has 0 bridgehead atoms. The van der Waals surface area contributed by atoms with E-state index < -0.39 is 15.6 Å². The molecule has 88 valence electrons. The van der Waals surface area contributed by atoms with E-state index in [9.17, 15) is 4.79 Å². The predicted molar refractivity (Wildman–Crippen MR) is 71.0 cm³/mol. The van der Waals surface area contributed by atoms with Gasteiger partial charge in [0.25, 0.3) is 9.32 Å². The molecule has 2 nitrogen and oxygen atoms in total. The maximum atomic E-state index is 11.6. The second-order valence-electron chi connectivity index (χ2n) is 2.31. The summed E-state index contributed by atoms with van der Waals surface area (Å²) in [6.45, 7) is 1.66. The average Bonchev–Trinajstić information content (AvgIpc) is 2.11. The molecular formula is C6H6Cl5O2PS. The second-order valence-corrected chi connectivity index (χ2v) is 9.96. The average molecular weight is 350 g/mol. The van der Waals surface area contributed by atoms with Gasteiger partial charge in [0.1, 0.15) is 10.8 Å². The Morgan fingerprint density at radius 2 is 1.93 bits per heavy atom. The van der Waals surface area contributed by atoms with Crippen LogP contribution in [0.25, 0.3) is 0 Å². The Labute approximate surface area is 118 Å². The van der Waals surface area contributed by atoms with Gasteiger partial charge in [0, 0.05) is 6.16 Å². The minimum Gasteiger partial charge on any atom is -0.464 e. The summed E-state index contributed by atoms with van der Waals surface area (Å²) in [5, 5.41) is 0. The summed E-state index contributed by atoms with van der Waals surface area (Å²) in [6, 6.07) is 0. The number of rotatable bonds is 4. The minimum absolute atomic E-state index is 0.158. The molecule has 0 aromatic carbocycles. The van der Waals surface area contributed by atoms with E-state index in [1.54, 1.807) is 6.92 Å². The predicted octanol–water partition coefficient (Wildman–Crippen LogP) is 4.59. The maximum absolute atomic E-state index is 11.6. The van der Waals surface area contributed by atoms with Gasteiger partial charge in [-0.2, -0.15) is 0 Å². The first kappa shape index (κ1) is 16.3. The lowest BCUT2D eigenvalue weighted by Gasteiger charge is -2.21. The molecule has 0 saturated heterocycles. The Hall–Kier alpha value is 1.31. The summed E-state index contributed by atoms with van der Waals surface area (Å²) in [7, 11) is 0. The Bertz CT molecular complexity index is 320. The standard InChI is InChI=1S/C6H6Cl5O2PS/c1-2-14(15,13-3-4(7)8)5(12)6(9,10)11/h3H,2H2,1H3. The van der Waals surface area contributed by atoms with Gasteiger partial charge in [-0.15, -0.1) is 0 Å². The van der Waals surface area contributed by atoms with Crippen LogP contribution in [-0.4, -0.2) is 15.5 Å². The number of hydrogen-bond acceptors (Lipinski definition) is 3. The van der Waals surface area contributed by atoms with Crippen molar-refractivity contribution in [1.29, 1.82) is 0 Å². The fourth-order valence-corrected chi connectivity index (χ4v) is 4.21. The monoisotopic (exact) mass is 348 g/mol. The third-order valence-corrected chi connectivity index (χ3v) is 6.13. The minimum atomic E-state index is -2.91. The second kappa shape index (κ2) is 6.30. The summed E-state index contributed by atoms with van der Waals surface area (Å²) in [6.07, 6.45) is -1.70. The highest BCUT2D eigenvalue weighted by atomic mass is 35.6. The molecule has 15 heavy (non-hydrogen) atoms. The lowest BCUT2D eigenvalue weighted by molar-refractivity contribution is -0.111. The van der Waals surface area contributed by atoms with E-state index in [1.807, 2.05) is 0 Å². The first-order valence-electron chi connectivity index (χ1n) is 3.54. The van der Waals surface area contributed by atoms with Crippen molar-refractivity contribution in [2.75, 3.05) is 6.16 Å². The van der Waals surface area contributed by atoms with E-state index in [1.165, 1.54) is 0 Å². The highest BCUT2D eigenvalue weighted by Crippen LogP contribution is 2.54. The molecule has 0 spiro atoms. The third-order valence-electron chi connectivity index (χ3n) is 1.28. The number of carbonyl (C=O) groups is 1. The first-order valence-corrected chi connectivity index (χ1v) is 8.33. The van der Waals surface area contributed by atoms with Crippen molar-refractivity contribution in [1.82, 2.24) is 0 Å². The topological polar surface area (TPSA) is 26.3 Å². The van der Waals surface area contributed by atoms with Crippen LogP contribution in [0.1, 0.15) is 6.92 Å². The number of halogens is 5. The van der Waals surface area contributed by atoms with Crippen molar-refractivity contribution >= 4 is 81.6 Å². The summed E-state index contributed by atoms with van der Waals surface area (Å²) in [5.74, 6) is 0. The smallest absolute Gasteiger partial charge is 0.257 e.